The lowest BCUT2D eigenvalue weighted by molar-refractivity contribution is -0.192. The molecular formula is C16H26F3N3O6. The number of carbonyl (C=O) groups is 3. The predicted molar refractivity (Wildman–Crippen MR) is 90.6 cm³/mol. The first-order valence-corrected chi connectivity index (χ1v) is 8.75. The van der Waals surface area contributed by atoms with Crippen LogP contribution in [0.1, 0.15) is 13.3 Å². The van der Waals surface area contributed by atoms with Gasteiger partial charge in [-0.25, -0.2) is 4.79 Å². The average molecular weight is 413 g/mol. The fourth-order valence-electron chi connectivity index (χ4n) is 2.87. The molecule has 0 aromatic heterocycles. The number of amides is 2. The van der Waals surface area contributed by atoms with Crippen molar-refractivity contribution in [3.8, 4) is 0 Å². The van der Waals surface area contributed by atoms with E-state index in [4.69, 9.17) is 19.4 Å². The van der Waals surface area contributed by atoms with E-state index >= 15 is 0 Å². The maximum Gasteiger partial charge on any atom is 0.490 e. The third-order valence-corrected chi connectivity index (χ3v) is 4.22. The summed E-state index contributed by atoms with van der Waals surface area (Å²) >= 11 is 0. The number of morpholine rings is 1. The molecule has 12 heteroatoms. The molecule has 2 fully saturated rings. The Hall–Kier alpha value is -1.92. The minimum Gasteiger partial charge on any atom is -0.475 e. The lowest BCUT2D eigenvalue weighted by Crippen LogP contribution is -2.60. The number of nitrogens with zero attached hydrogens (tertiary/aromatic N) is 2. The SMILES string of the molecule is CCC(=O)N1CCOC2(COCCN(CC(=O)NC)C2)C1.O=C(O)C(F)(F)F. The summed E-state index contributed by atoms with van der Waals surface area (Å²) in [4.78, 5) is 36.3. The molecular weight excluding hydrogens is 387 g/mol. The summed E-state index contributed by atoms with van der Waals surface area (Å²) in [5.41, 5.74) is -0.520. The van der Waals surface area contributed by atoms with Crippen molar-refractivity contribution in [2.45, 2.75) is 25.1 Å². The van der Waals surface area contributed by atoms with E-state index < -0.39 is 17.7 Å². The molecule has 0 aromatic rings. The summed E-state index contributed by atoms with van der Waals surface area (Å²) in [5, 5.41) is 9.76. The molecule has 2 saturated heterocycles. The van der Waals surface area contributed by atoms with Gasteiger partial charge in [-0.05, 0) is 0 Å². The predicted octanol–water partition coefficient (Wildman–Crippen LogP) is -0.294. The van der Waals surface area contributed by atoms with Crippen molar-refractivity contribution in [2.75, 3.05) is 59.6 Å². The summed E-state index contributed by atoms with van der Waals surface area (Å²) in [6, 6.07) is 0. The Morgan fingerprint density at radius 3 is 2.36 bits per heavy atom. The molecule has 1 unspecified atom stereocenters. The van der Waals surface area contributed by atoms with E-state index in [0.717, 1.165) is 0 Å². The maximum absolute atomic E-state index is 11.9. The highest BCUT2D eigenvalue weighted by Gasteiger charge is 2.41. The highest BCUT2D eigenvalue weighted by molar-refractivity contribution is 5.77. The molecule has 0 radical (unpaired) electrons. The van der Waals surface area contributed by atoms with Crippen LogP contribution in [0.5, 0.6) is 0 Å². The monoisotopic (exact) mass is 413 g/mol. The molecule has 0 bridgehead atoms. The van der Waals surface area contributed by atoms with E-state index in [1.54, 1.807) is 7.05 Å². The third kappa shape index (κ3) is 7.60. The molecule has 1 spiro atoms. The van der Waals surface area contributed by atoms with Crippen LogP contribution in [-0.2, 0) is 23.9 Å². The summed E-state index contributed by atoms with van der Waals surface area (Å²) in [7, 11) is 1.63. The van der Waals surface area contributed by atoms with Crippen LogP contribution >= 0.6 is 0 Å². The van der Waals surface area contributed by atoms with Gasteiger partial charge in [-0.1, -0.05) is 6.92 Å². The Bertz CT molecular complexity index is 560. The van der Waals surface area contributed by atoms with Gasteiger partial charge in [0.2, 0.25) is 11.8 Å². The van der Waals surface area contributed by atoms with Crippen LogP contribution in [0.3, 0.4) is 0 Å². The van der Waals surface area contributed by atoms with Gasteiger partial charge in [-0.2, -0.15) is 13.2 Å². The number of aliphatic carboxylic acids is 1. The highest BCUT2D eigenvalue weighted by atomic mass is 19.4. The quantitative estimate of drug-likeness (QED) is 0.654. The second kappa shape index (κ2) is 10.6. The summed E-state index contributed by atoms with van der Waals surface area (Å²) in [6.07, 6.45) is -4.58. The van der Waals surface area contributed by atoms with Crippen molar-refractivity contribution in [1.82, 2.24) is 15.1 Å². The molecule has 28 heavy (non-hydrogen) atoms. The Morgan fingerprint density at radius 1 is 1.18 bits per heavy atom. The number of halogens is 3. The van der Waals surface area contributed by atoms with E-state index in [9.17, 15) is 22.8 Å². The molecule has 2 aliphatic rings. The van der Waals surface area contributed by atoms with Crippen molar-refractivity contribution in [2.24, 2.45) is 0 Å². The van der Waals surface area contributed by atoms with Crippen LogP contribution in [0.15, 0.2) is 0 Å². The fourth-order valence-corrected chi connectivity index (χ4v) is 2.87. The summed E-state index contributed by atoms with van der Waals surface area (Å²) in [5.74, 6) is -2.64. The number of likely N-dealkylation sites (N-methyl/N-ethyl adjacent to an activating group) is 1. The molecule has 0 saturated carbocycles. The van der Waals surface area contributed by atoms with E-state index in [0.29, 0.717) is 59.0 Å². The van der Waals surface area contributed by atoms with Gasteiger partial charge in [0.15, 0.2) is 0 Å². The van der Waals surface area contributed by atoms with E-state index in [1.165, 1.54) is 0 Å². The first-order chi connectivity index (χ1) is 13.0. The number of hydrogen-bond donors (Lipinski definition) is 2. The molecule has 2 N–H and O–H groups in total. The maximum atomic E-state index is 11.9. The Kier molecular flexibility index (Phi) is 9.11. The van der Waals surface area contributed by atoms with E-state index in [-0.39, 0.29) is 11.8 Å². The van der Waals surface area contributed by atoms with Gasteiger partial charge in [0.05, 0.1) is 32.9 Å². The molecule has 2 heterocycles. The molecule has 2 aliphatic heterocycles. The van der Waals surface area contributed by atoms with Gasteiger partial charge in [0, 0.05) is 33.1 Å². The van der Waals surface area contributed by atoms with Crippen LogP contribution in [0.4, 0.5) is 13.2 Å². The minimum absolute atomic E-state index is 0.0237. The lowest BCUT2D eigenvalue weighted by Gasteiger charge is -2.43. The first-order valence-electron chi connectivity index (χ1n) is 8.75. The zero-order valence-corrected chi connectivity index (χ0v) is 15.9. The van der Waals surface area contributed by atoms with Gasteiger partial charge < -0.3 is 24.8 Å². The topological polar surface area (TPSA) is 108 Å². The highest BCUT2D eigenvalue weighted by Crippen LogP contribution is 2.23. The van der Waals surface area contributed by atoms with Crippen LogP contribution in [0, 0.1) is 0 Å². The molecule has 0 aliphatic carbocycles. The van der Waals surface area contributed by atoms with Crippen molar-refractivity contribution in [3.05, 3.63) is 0 Å². The molecule has 2 rings (SSSR count). The normalized spacial score (nSPS) is 23.4. The Labute approximate surface area is 160 Å². The number of carboxylic acid groups (broad SMARTS) is 1. The Balaban J connectivity index is 0.000000480. The average Bonchev–Trinajstić information content (AvgIpc) is 2.82. The number of hydrogen-bond acceptors (Lipinski definition) is 6. The lowest BCUT2D eigenvalue weighted by atomic mass is 10.0. The smallest absolute Gasteiger partial charge is 0.475 e. The Morgan fingerprint density at radius 2 is 1.82 bits per heavy atom. The number of alkyl halides is 3. The molecule has 2 amide bonds. The van der Waals surface area contributed by atoms with Crippen LogP contribution in [-0.4, -0.2) is 104 Å². The van der Waals surface area contributed by atoms with Crippen LogP contribution in [0.2, 0.25) is 0 Å². The van der Waals surface area contributed by atoms with Gasteiger partial charge in [0.25, 0.3) is 0 Å². The zero-order valence-electron chi connectivity index (χ0n) is 15.9. The van der Waals surface area contributed by atoms with E-state index in [2.05, 4.69) is 5.32 Å². The third-order valence-electron chi connectivity index (χ3n) is 4.22. The molecule has 9 nitrogen and oxygen atoms in total. The number of carbonyl (C=O) groups excluding carboxylic acids is 2. The van der Waals surface area contributed by atoms with Gasteiger partial charge >= 0.3 is 12.1 Å². The molecule has 162 valence electrons. The van der Waals surface area contributed by atoms with Crippen molar-refractivity contribution in [3.63, 3.8) is 0 Å². The van der Waals surface area contributed by atoms with Gasteiger partial charge in [-0.3, -0.25) is 14.5 Å². The number of ether oxygens (including phenoxy) is 2. The second-order valence-electron chi connectivity index (χ2n) is 6.44. The minimum atomic E-state index is -5.08. The van der Waals surface area contributed by atoms with Gasteiger partial charge in [0.1, 0.15) is 5.60 Å². The van der Waals surface area contributed by atoms with Crippen molar-refractivity contribution >= 4 is 17.8 Å². The van der Waals surface area contributed by atoms with Crippen molar-refractivity contribution in [1.29, 1.82) is 0 Å². The van der Waals surface area contributed by atoms with Crippen LogP contribution < -0.4 is 5.32 Å². The summed E-state index contributed by atoms with van der Waals surface area (Å²) in [6.45, 7) is 6.21. The zero-order chi connectivity index (χ0) is 21.4. The summed E-state index contributed by atoms with van der Waals surface area (Å²) < 4.78 is 43.4. The van der Waals surface area contributed by atoms with Gasteiger partial charge in [-0.15, -0.1) is 0 Å². The number of nitrogens with one attached hydrogen (secondary N) is 1. The van der Waals surface area contributed by atoms with Crippen LogP contribution in [0.25, 0.3) is 0 Å². The molecule has 1 atom stereocenters. The fraction of sp³-hybridized carbons (Fsp3) is 0.812. The second-order valence-corrected chi connectivity index (χ2v) is 6.44. The number of carboxylic acids is 1. The largest absolute Gasteiger partial charge is 0.490 e. The number of rotatable bonds is 3. The first kappa shape index (κ1) is 24.1. The van der Waals surface area contributed by atoms with E-state index in [1.807, 2.05) is 16.7 Å². The van der Waals surface area contributed by atoms with Crippen molar-refractivity contribution < 1.29 is 42.1 Å². The molecule has 0 aromatic carbocycles. The standard InChI is InChI=1S/C14H25N3O4.C2HF3O2/c1-3-13(19)17-5-7-21-14(10-17)9-16(4-6-20-11-14)8-12(18)15-2;3-2(4,5)1(6)7/h3-11H2,1-2H3,(H,15,18);(H,6,7).